The Kier molecular flexibility index (Phi) is 9.86. The van der Waals surface area contributed by atoms with Gasteiger partial charge in [-0.2, -0.15) is 0 Å². The van der Waals surface area contributed by atoms with Gasteiger partial charge in [-0.1, -0.05) is 47.3 Å². The number of hydrogen-bond donors (Lipinski definition) is 2. The number of hydrogen-bond acceptors (Lipinski definition) is 5. The zero-order chi connectivity index (χ0) is 24.5. The van der Waals surface area contributed by atoms with Gasteiger partial charge >= 0.3 is 0 Å². The molecule has 2 N–H and O–H groups in total. The number of ether oxygens (including phenoxy) is 2. The first-order valence-electron chi connectivity index (χ1n) is 11.3. The van der Waals surface area contributed by atoms with Crippen molar-refractivity contribution in [3.8, 4) is 5.75 Å². The number of anilines is 1. The fraction of sp³-hybridized carbons (Fsp3) is 0.400. The van der Waals surface area contributed by atoms with E-state index >= 15 is 0 Å². The predicted molar refractivity (Wildman–Crippen MR) is 141 cm³/mol. The summed E-state index contributed by atoms with van der Waals surface area (Å²) in [6, 6.07) is 12.6. The summed E-state index contributed by atoms with van der Waals surface area (Å²) in [5.74, 6) is -0.0653. The molecule has 0 atom stereocenters. The molecule has 34 heavy (non-hydrogen) atoms. The topological polar surface area (TPSA) is 79.9 Å². The van der Waals surface area contributed by atoms with Gasteiger partial charge in [-0.3, -0.25) is 14.9 Å². The lowest BCUT2D eigenvalue weighted by Crippen LogP contribution is -2.39. The Hall–Kier alpha value is -2.49. The maximum atomic E-state index is 13.2. The molecule has 1 fully saturated rings. The van der Waals surface area contributed by atoms with E-state index < -0.39 is 5.91 Å². The van der Waals surface area contributed by atoms with Gasteiger partial charge in [0.25, 0.3) is 11.8 Å². The summed E-state index contributed by atoms with van der Waals surface area (Å²) in [6.07, 6.45) is 5.55. The average Bonchev–Trinajstić information content (AvgIpc) is 2.85. The fourth-order valence-electron chi connectivity index (χ4n) is 3.97. The molecule has 0 aromatic heterocycles. The van der Waals surface area contributed by atoms with Crippen molar-refractivity contribution in [3.63, 3.8) is 0 Å². The minimum atomic E-state index is -0.422. The van der Waals surface area contributed by atoms with Gasteiger partial charge in [0.15, 0.2) is 5.11 Å². The van der Waals surface area contributed by atoms with E-state index in [9.17, 15) is 9.59 Å². The Morgan fingerprint density at radius 2 is 1.82 bits per heavy atom. The van der Waals surface area contributed by atoms with Crippen molar-refractivity contribution in [1.82, 2.24) is 10.2 Å². The van der Waals surface area contributed by atoms with Crippen LogP contribution < -0.4 is 15.4 Å². The summed E-state index contributed by atoms with van der Waals surface area (Å²) < 4.78 is 11.4. The van der Waals surface area contributed by atoms with Gasteiger partial charge < -0.3 is 19.7 Å². The molecule has 182 valence electrons. The second-order valence-electron chi connectivity index (χ2n) is 8.14. The first kappa shape index (κ1) is 26.1. The number of carbonyl (C=O) groups is 2. The van der Waals surface area contributed by atoms with E-state index in [1.54, 1.807) is 37.4 Å². The summed E-state index contributed by atoms with van der Waals surface area (Å²) >= 11 is 8.78. The molecule has 2 amide bonds. The fourth-order valence-corrected chi connectivity index (χ4v) is 4.53. The Labute approximate surface area is 214 Å². The third-order valence-corrected chi connectivity index (χ3v) is 6.50. The van der Waals surface area contributed by atoms with Crippen molar-refractivity contribution in [1.29, 1.82) is 0 Å². The van der Waals surface area contributed by atoms with Crippen LogP contribution in [0.2, 0.25) is 0 Å². The van der Waals surface area contributed by atoms with Crippen LogP contribution >= 0.6 is 28.1 Å². The molecule has 0 heterocycles. The van der Waals surface area contributed by atoms with Crippen LogP contribution in [-0.4, -0.2) is 55.2 Å². The first-order chi connectivity index (χ1) is 16.4. The Morgan fingerprint density at radius 1 is 1.09 bits per heavy atom. The molecule has 1 aliphatic rings. The monoisotopic (exact) mass is 547 g/mol. The second-order valence-corrected chi connectivity index (χ2v) is 9.47. The van der Waals surface area contributed by atoms with Crippen LogP contribution in [0.3, 0.4) is 0 Å². The molecular weight excluding hydrogens is 518 g/mol. The number of rotatable bonds is 8. The predicted octanol–water partition coefficient (Wildman–Crippen LogP) is 5.01. The van der Waals surface area contributed by atoms with E-state index in [1.807, 2.05) is 24.1 Å². The lowest BCUT2D eigenvalue weighted by molar-refractivity contribution is 0.0697. The highest BCUT2D eigenvalue weighted by Crippen LogP contribution is 2.26. The maximum absolute atomic E-state index is 13.2. The van der Waals surface area contributed by atoms with Gasteiger partial charge in [0.05, 0.1) is 23.4 Å². The van der Waals surface area contributed by atoms with Crippen molar-refractivity contribution in [2.24, 2.45) is 0 Å². The van der Waals surface area contributed by atoms with E-state index in [1.165, 1.54) is 6.42 Å². The molecule has 7 nitrogen and oxygen atoms in total. The van der Waals surface area contributed by atoms with Crippen molar-refractivity contribution in [3.05, 3.63) is 58.1 Å². The quantitative estimate of drug-likeness (QED) is 0.357. The number of amides is 2. The summed E-state index contributed by atoms with van der Waals surface area (Å²) in [7, 11) is 3.44. The summed E-state index contributed by atoms with van der Waals surface area (Å²) in [6.45, 7) is 0.711. The lowest BCUT2D eigenvalue weighted by Gasteiger charge is -2.31. The van der Waals surface area contributed by atoms with Gasteiger partial charge in [-0.25, -0.2) is 0 Å². The number of methoxy groups -OCH3 is 1. The van der Waals surface area contributed by atoms with Gasteiger partial charge in [-0.15, -0.1) is 0 Å². The molecule has 2 aromatic carbocycles. The molecule has 0 saturated heterocycles. The Bertz CT molecular complexity index is 1030. The SMILES string of the molecule is COCCOc1ccc(Br)cc1C(=O)NC(=S)Nc1ccccc1C(=O)N(C)C1CCCCC1. The maximum Gasteiger partial charge on any atom is 0.261 e. The smallest absolute Gasteiger partial charge is 0.261 e. The second kappa shape index (κ2) is 12.8. The molecule has 1 saturated carbocycles. The van der Waals surface area contributed by atoms with Crippen LogP contribution in [0.5, 0.6) is 5.75 Å². The van der Waals surface area contributed by atoms with E-state index in [-0.39, 0.29) is 17.1 Å². The van der Waals surface area contributed by atoms with Crippen LogP contribution in [-0.2, 0) is 4.74 Å². The minimum absolute atomic E-state index is 0.0649. The number of halogens is 1. The van der Waals surface area contributed by atoms with Crippen molar-refractivity contribution in [2.45, 2.75) is 38.1 Å². The summed E-state index contributed by atoms with van der Waals surface area (Å²) in [4.78, 5) is 28.0. The van der Waals surface area contributed by atoms with E-state index in [0.717, 1.165) is 30.2 Å². The highest BCUT2D eigenvalue weighted by atomic mass is 79.9. The molecule has 0 spiro atoms. The van der Waals surface area contributed by atoms with Gasteiger partial charge in [0.2, 0.25) is 0 Å². The van der Waals surface area contributed by atoms with Crippen molar-refractivity contribution >= 4 is 50.8 Å². The number of thiocarbonyl (C=S) groups is 1. The molecule has 2 aromatic rings. The molecule has 0 radical (unpaired) electrons. The van der Waals surface area contributed by atoms with Crippen LogP contribution in [0.15, 0.2) is 46.9 Å². The number of nitrogens with one attached hydrogen (secondary N) is 2. The summed E-state index contributed by atoms with van der Waals surface area (Å²) in [5.41, 5.74) is 1.39. The van der Waals surface area contributed by atoms with Crippen LogP contribution in [0.1, 0.15) is 52.8 Å². The average molecular weight is 549 g/mol. The molecule has 0 bridgehead atoms. The highest BCUT2D eigenvalue weighted by molar-refractivity contribution is 9.10. The molecule has 0 unspecified atom stereocenters. The van der Waals surface area contributed by atoms with E-state index in [2.05, 4.69) is 26.6 Å². The van der Waals surface area contributed by atoms with Gasteiger partial charge in [0, 0.05) is 24.7 Å². The van der Waals surface area contributed by atoms with Crippen LogP contribution in [0, 0.1) is 0 Å². The number of carbonyl (C=O) groups excluding carboxylic acids is 2. The van der Waals surface area contributed by atoms with E-state index in [0.29, 0.717) is 35.8 Å². The zero-order valence-corrected chi connectivity index (χ0v) is 21.8. The number of nitrogens with zero attached hydrogens (tertiary/aromatic N) is 1. The van der Waals surface area contributed by atoms with Crippen molar-refractivity contribution in [2.75, 3.05) is 32.7 Å². The van der Waals surface area contributed by atoms with Gasteiger partial charge in [-0.05, 0) is 55.4 Å². The molecule has 3 rings (SSSR count). The van der Waals surface area contributed by atoms with Gasteiger partial charge in [0.1, 0.15) is 12.4 Å². The Balaban J connectivity index is 1.69. The first-order valence-corrected chi connectivity index (χ1v) is 12.5. The summed E-state index contributed by atoms with van der Waals surface area (Å²) in [5, 5.41) is 5.79. The standard InChI is InChI=1S/C25H30BrN3O4S/c1-29(18-8-4-3-5-9-18)24(31)19-10-6-7-11-21(19)27-25(34)28-23(30)20-16-17(26)12-13-22(20)33-15-14-32-2/h6-7,10-13,16,18H,3-5,8-9,14-15H2,1-2H3,(H2,27,28,30,34). The van der Waals surface area contributed by atoms with Crippen LogP contribution in [0.25, 0.3) is 0 Å². The third-order valence-electron chi connectivity index (χ3n) is 5.81. The van der Waals surface area contributed by atoms with E-state index in [4.69, 9.17) is 21.7 Å². The molecule has 0 aliphatic heterocycles. The Morgan fingerprint density at radius 3 is 2.56 bits per heavy atom. The normalized spacial score (nSPS) is 13.7. The number of benzene rings is 2. The molecular formula is C25H30BrN3O4S. The molecule has 9 heteroatoms. The largest absolute Gasteiger partial charge is 0.490 e. The number of para-hydroxylation sites is 1. The zero-order valence-electron chi connectivity index (χ0n) is 19.4. The van der Waals surface area contributed by atoms with Crippen LogP contribution in [0.4, 0.5) is 5.69 Å². The minimum Gasteiger partial charge on any atom is -0.490 e. The third kappa shape index (κ3) is 7.01. The molecule has 1 aliphatic carbocycles. The highest BCUT2D eigenvalue weighted by Gasteiger charge is 2.25. The lowest BCUT2D eigenvalue weighted by atomic mass is 9.94. The van der Waals surface area contributed by atoms with Crippen molar-refractivity contribution < 1.29 is 19.1 Å².